The number of halogens is 2. The monoisotopic (exact) mass is 349 g/mol. The van der Waals surface area contributed by atoms with Crippen LogP contribution in [0.3, 0.4) is 0 Å². The number of carbonyl (C=O) groups excluding carboxylic acids is 1. The Morgan fingerprint density at radius 1 is 1.38 bits per heavy atom. The molecule has 1 amide bonds. The van der Waals surface area contributed by atoms with Crippen molar-refractivity contribution in [2.24, 2.45) is 0 Å². The van der Waals surface area contributed by atoms with Crippen molar-refractivity contribution in [3.8, 4) is 0 Å². The summed E-state index contributed by atoms with van der Waals surface area (Å²) >= 11 is 6.61. The third-order valence-electron chi connectivity index (χ3n) is 2.57. The number of aliphatic hydroxyl groups excluding tert-OH is 1. The minimum absolute atomic E-state index is 0.0218. The van der Waals surface area contributed by atoms with Gasteiger partial charge in [-0.1, -0.05) is 31.9 Å². The summed E-state index contributed by atoms with van der Waals surface area (Å²) in [5, 5.41) is 21.8. The predicted octanol–water partition coefficient (Wildman–Crippen LogP) is 1.73. The van der Waals surface area contributed by atoms with Crippen LogP contribution in [-0.4, -0.2) is 22.7 Å². The van der Waals surface area contributed by atoms with E-state index in [0.717, 1.165) is 4.47 Å². The molecule has 86 valence electrons. The summed E-state index contributed by atoms with van der Waals surface area (Å²) < 4.78 is 1.43. The van der Waals surface area contributed by atoms with Gasteiger partial charge in [0.25, 0.3) is 5.91 Å². The zero-order valence-corrected chi connectivity index (χ0v) is 11.3. The molecule has 1 unspecified atom stereocenters. The van der Waals surface area contributed by atoms with E-state index in [1.807, 2.05) is 0 Å². The molecular weight excluding hydrogens is 342 g/mol. The van der Waals surface area contributed by atoms with E-state index in [0.29, 0.717) is 15.7 Å². The molecule has 0 fully saturated rings. The first-order valence-electron chi connectivity index (χ1n) is 4.63. The van der Waals surface area contributed by atoms with Gasteiger partial charge in [-0.15, -0.1) is 0 Å². The topological polar surface area (TPSA) is 69.6 Å². The molecule has 6 heteroatoms. The van der Waals surface area contributed by atoms with Crippen LogP contribution in [-0.2, 0) is 10.4 Å². The van der Waals surface area contributed by atoms with E-state index in [1.165, 1.54) is 0 Å². The van der Waals surface area contributed by atoms with E-state index in [-0.39, 0.29) is 13.0 Å². The van der Waals surface area contributed by atoms with Crippen LogP contribution in [0.1, 0.15) is 12.0 Å². The summed E-state index contributed by atoms with van der Waals surface area (Å²) in [6.45, 7) is -0.258. The lowest BCUT2D eigenvalue weighted by Crippen LogP contribution is -2.35. The standard InChI is InChI=1S/C10H9Br2NO3/c11-5-3-6(12)8-7(4-5)13-9(15)10(8,16)1-2-14/h3-4,14,16H,1-2H2,(H,13,15). The Bertz CT molecular complexity index is 464. The fourth-order valence-electron chi connectivity index (χ4n) is 1.83. The molecule has 0 saturated heterocycles. The van der Waals surface area contributed by atoms with Crippen LogP contribution in [0.25, 0.3) is 0 Å². The average molecular weight is 351 g/mol. The summed E-state index contributed by atoms with van der Waals surface area (Å²) in [6.07, 6.45) is -0.0218. The second-order valence-corrected chi connectivity index (χ2v) is 5.37. The van der Waals surface area contributed by atoms with Crippen molar-refractivity contribution in [3.63, 3.8) is 0 Å². The van der Waals surface area contributed by atoms with Crippen molar-refractivity contribution in [2.45, 2.75) is 12.0 Å². The molecule has 0 bridgehead atoms. The van der Waals surface area contributed by atoms with E-state index < -0.39 is 11.5 Å². The number of nitrogens with one attached hydrogen (secondary N) is 1. The number of benzene rings is 1. The lowest BCUT2D eigenvalue weighted by molar-refractivity contribution is -0.135. The highest BCUT2D eigenvalue weighted by Crippen LogP contribution is 2.44. The molecule has 1 atom stereocenters. The molecule has 3 N–H and O–H groups in total. The molecule has 1 aromatic carbocycles. The summed E-state index contributed by atoms with van der Waals surface area (Å²) in [5.74, 6) is -0.504. The smallest absolute Gasteiger partial charge is 0.261 e. The molecule has 0 saturated carbocycles. The fourth-order valence-corrected chi connectivity index (χ4v) is 3.39. The third-order valence-corrected chi connectivity index (χ3v) is 3.65. The van der Waals surface area contributed by atoms with Gasteiger partial charge in [0, 0.05) is 33.2 Å². The zero-order valence-electron chi connectivity index (χ0n) is 8.13. The molecule has 1 heterocycles. The third kappa shape index (κ3) is 1.69. The van der Waals surface area contributed by atoms with Crippen LogP contribution in [0.4, 0.5) is 5.69 Å². The molecule has 0 spiro atoms. The molecule has 1 aliphatic heterocycles. The van der Waals surface area contributed by atoms with Crippen molar-refractivity contribution in [1.29, 1.82) is 0 Å². The van der Waals surface area contributed by atoms with Gasteiger partial charge in [-0.05, 0) is 12.1 Å². The quantitative estimate of drug-likeness (QED) is 0.760. The first kappa shape index (κ1) is 12.0. The highest BCUT2D eigenvalue weighted by atomic mass is 79.9. The van der Waals surface area contributed by atoms with Crippen molar-refractivity contribution < 1.29 is 15.0 Å². The number of hydrogen-bond donors (Lipinski definition) is 3. The Kier molecular flexibility index (Phi) is 3.09. The van der Waals surface area contributed by atoms with Crippen LogP contribution in [0, 0.1) is 0 Å². The first-order chi connectivity index (χ1) is 7.49. The van der Waals surface area contributed by atoms with Crippen LogP contribution in [0.15, 0.2) is 21.1 Å². The predicted molar refractivity (Wildman–Crippen MR) is 66.1 cm³/mol. The summed E-state index contributed by atoms with van der Waals surface area (Å²) in [6, 6.07) is 3.47. The van der Waals surface area contributed by atoms with Crippen LogP contribution >= 0.6 is 31.9 Å². The van der Waals surface area contributed by atoms with Crippen molar-refractivity contribution in [2.75, 3.05) is 11.9 Å². The normalized spacial score (nSPS) is 23.1. The molecular formula is C10H9Br2NO3. The average Bonchev–Trinajstić information content (AvgIpc) is 2.38. The van der Waals surface area contributed by atoms with Gasteiger partial charge in [-0.3, -0.25) is 4.79 Å². The second-order valence-electron chi connectivity index (χ2n) is 3.60. The van der Waals surface area contributed by atoms with Gasteiger partial charge in [-0.25, -0.2) is 0 Å². The van der Waals surface area contributed by atoms with Gasteiger partial charge in [0.05, 0.1) is 0 Å². The minimum atomic E-state index is -1.65. The Morgan fingerprint density at radius 3 is 2.69 bits per heavy atom. The summed E-state index contributed by atoms with van der Waals surface area (Å²) in [5.41, 5.74) is -0.610. The number of aliphatic hydroxyl groups is 2. The molecule has 2 rings (SSSR count). The highest BCUT2D eigenvalue weighted by molar-refractivity contribution is 9.11. The number of fused-ring (bicyclic) bond motifs is 1. The van der Waals surface area contributed by atoms with Crippen molar-refractivity contribution in [1.82, 2.24) is 0 Å². The lowest BCUT2D eigenvalue weighted by Gasteiger charge is -2.20. The SMILES string of the molecule is O=C1Nc2cc(Br)cc(Br)c2C1(O)CCO. The summed E-state index contributed by atoms with van der Waals surface area (Å²) in [4.78, 5) is 11.7. The molecule has 0 radical (unpaired) electrons. The molecule has 0 aliphatic carbocycles. The van der Waals surface area contributed by atoms with E-state index in [1.54, 1.807) is 12.1 Å². The second kappa shape index (κ2) is 4.10. The Balaban J connectivity index is 2.60. The molecule has 16 heavy (non-hydrogen) atoms. The van der Waals surface area contributed by atoms with E-state index in [2.05, 4.69) is 37.2 Å². The number of anilines is 1. The molecule has 1 aliphatic rings. The Morgan fingerprint density at radius 2 is 2.06 bits per heavy atom. The van der Waals surface area contributed by atoms with E-state index in [4.69, 9.17) is 5.11 Å². The van der Waals surface area contributed by atoms with Crippen molar-refractivity contribution in [3.05, 3.63) is 26.6 Å². The van der Waals surface area contributed by atoms with Gasteiger partial charge >= 0.3 is 0 Å². The van der Waals surface area contributed by atoms with Crippen LogP contribution < -0.4 is 5.32 Å². The van der Waals surface area contributed by atoms with Crippen LogP contribution in [0.2, 0.25) is 0 Å². The van der Waals surface area contributed by atoms with E-state index in [9.17, 15) is 9.90 Å². The van der Waals surface area contributed by atoms with Crippen molar-refractivity contribution >= 4 is 43.5 Å². The van der Waals surface area contributed by atoms with Gasteiger partial charge in [-0.2, -0.15) is 0 Å². The maximum Gasteiger partial charge on any atom is 0.261 e. The maximum atomic E-state index is 11.7. The number of carbonyl (C=O) groups is 1. The largest absolute Gasteiger partial charge is 0.396 e. The van der Waals surface area contributed by atoms with E-state index >= 15 is 0 Å². The maximum absolute atomic E-state index is 11.7. The van der Waals surface area contributed by atoms with Gasteiger partial charge in [0.1, 0.15) is 0 Å². The number of hydrogen-bond acceptors (Lipinski definition) is 3. The molecule has 0 aromatic heterocycles. The zero-order chi connectivity index (χ0) is 11.9. The number of amides is 1. The fraction of sp³-hybridized carbons (Fsp3) is 0.300. The Labute approximate surface area is 109 Å². The minimum Gasteiger partial charge on any atom is -0.396 e. The van der Waals surface area contributed by atoms with Gasteiger partial charge in [0.2, 0.25) is 0 Å². The first-order valence-corrected chi connectivity index (χ1v) is 6.22. The number of rotatable bonds is 2. The molecule has 4 nitrogen and oxygen atoms in total. The molecule has 1 aromatic rings. The van der Waals surface area contributed by atoms with Crippen LogP contribution in [0.5, 0.6) is 0 Å². The van der Waals surface area contributed by atoms with Gasteiger partial charge < -0.3 is 15.5 Å². The highest BCUT2D eigenvalue weighted by Gasteiger charge is 2.46. The summed E-state index contributed by atoms with van der Waals surface area (Å²) in [7, 11) is 0. The Hall–Kier alpha value is -0.430. The van der Waals surface area contributed by atoms with Gasteiger partial charge in [0.15, 0.2) is 5.60 Å². The lowest BCUT2D eigenvalue weighted by atomic mass is 9.92.